The molecule has 1 aliphatic rings. The van der Waals surface area contributed by atoms with E-state index in [1.165, 1.54) is 5.32 Å². The van der Waals surface area contributed by atoms with Crippen molar-refractivity contribution in [3.63, 3.8) is 0 Å². The normalized spacial score (nSPS) is 14.3. The van der Waals surface area contributed by atoms with Crippen LogP contribution >= 0.6 is 0 Å². The van der Waals surface area contributed by atoms with Crippen molar-refractivity contribution in [2.24, 2.45) is 15.2 Å². The number of azo groups is 1. The lowest BCUT2D eigenvalue weighted by atomic mass is 10.3. The largest absolute Gasteiger partial charge is 0.858 e. The second kappa shape index (κ2) is 12.1. The van der Waals surface area contributed by atoms with E-state index in [1.807, 2.05) is 0 Å². The van der Waals surface area contributed by atoms with Crippen LogP contribution < -0.4 is 10.4 Å². The molecule has 0 aliphatic carbocycles. The van der Waals surface area contributed by atoms with Gasteiger partial charge < -0.3 is 9.59 Å². The van der Waals surface area contributed by atoms with Crippen molar-refractivity contribution in [2.45, 2.75) is 20.8 Å². The summed E-state index contributed by atoms with van der Waals surface area (Å²) >= 11 is 0. The Bertz CT molecular complexity index is 1160. The van der Waals surface area contributed by atoms with Gasteiger partial charge in [-0.3, -0.25) is 19.5 Å². The van der Waals surface area contributed by atoms with E-state index in [0.29, 0.717) is 33.8 Å². The minimum absolute atomic E-state index is 0.138. The number of hydrogen-bond acceptors (Lipinski definition) is 7. The first-order valence-electron chi connectivity index (χ1n) is 11.9. The number of nitrogens with zero attached hydrogens (tertiary/aromatic N) is 5. The molecule has 0 saturated heterocycles. The molecule has 3 amide bonds. The molecule has 188 valence electrons. The van der Waals surface area contributed by atoms with Crippen molar-refractivity contribution in [2.75, 3.05) is 32.7 Å². The maximum atomic E-state index is 12.4. The van der Waals surface area contributed by atoms with Crippen LogP contribution in [0.5, 0.6) is 0 Å². The zero-order valence-electron chi connectivity index (χ0n) is 20.8. The highest BCUT2D eigenvalue weighted by Gasteiger charge is 2.27. The Morgan fingerprint density at radius 1 is 0.833 bits per heavy atom. The first-order valence-corrected chi connectivity index (χ1v) is 11.9. The van der Waals surface area contributed by atoms with Gasteiger partial charge in [-0.25, -0.2) is 10.1 Å². The second-order valence-corrected chi connectivity index (χ2v) is 8.47. The summed E-state index contributed by atoms with van der Waals surface area (Å²) < 4.78 is 0.717. The van der Waals surface area contributed by atoms with Crippen molar-refractivity contribution < 1.29 is 29.3 Å². The fourth-order valence-corrected chi connectivity index (χ4v) is 3.79. The minimum Gasteiger partial charge on any atom is -0.858 e. The highest BCUT2D eigenvalue weighted by molar-refractivity contribution is 6.14. The number of aliphatic imine (C=N–C) groups is 1. The maximum Gasteiger partial charge on any atom is 0.335 e. The number of imide groups is 1. The first kappa shape index (κ1) is 26.6. The predicted molar refractivity (Wildman–Crippen MR) is 133 cm³/mol. The number of carbonyl (C=O) groups excluding carboxylic acids is 3. The Kier molecular flexibility index (Phi) is 8.93. The van der Waals surface area contributed by atoms with E-state index in [0.717, 1.165) is 36.7 Å². The molecule has 10 nitrogen and oxygen atoms in total. The van der Waals surface area contributed by atoms with Gasteiger partial charge in [-0.05, 0) is 57.2 Å². The molecular formula is C26H31N6O4+. The van der Waals surface area contributed by atoms with E-state index in [1.54, 1.807) is 48.5 Å². The molecule has 3 rings (SSSR count). The van der Waals surface area contributed by atoms with Gasteiger partial charge in [0, 0.05) is 30.2 Å². The molecule has 0 spiro atoms. The van der Waals surface area contributed by atoms with Crippen molar-refractivity contribution in [3.05, 3.63) is 60.7 Å². The number of hydrogen-bond donors (Lipinski definition) is 1. The van der Waals surface area contributed by atoms with Gasteiger partial charge in [0.2, 0.25) is 0 Å². The van der Waals surface area contributed by atoms with Crippen LogP contribution in [0.15, 0.2) is 75.9 Å². The molecule has 2 N–H and O–H groups in total. The molecule has 1 heterocycles. The topological polar surface area (TPSA) is 131 Å². The molecule has 0 atom stereocenters. The molecule has 1 aliphatic heterocycles. The number of benzene rings is 2. The molecule has 0 radical (unpaired) electrons. The molecule has 0 bridgehead atoms. The summed E-state index contributed by atoms with van der Waals surface area (Å²) in [4.78, 5) is 40.4. The van der Waals surface area contributed by atoms with Crippen LogP contribution in [0.3, 0.4) is 0 Å². The summed E-state index contributed by atoms with van der Waals surface area (Å²) in [5, 5.41) is 22.2. The van der Waals surface area contributed by atoms with Gasteiger partial charge in [-0.2, -0.15) is 10.2 Å². The zero-order chi connectivity index (χ0) is 26.1. The third kappa shape index (κ3) is 7.00. The van der Waals surface area contributed by atoms with Crippen LogP contribution in [0.1, 0.15) is 20.8 Å². The molecule has 0 fully saturated rings. The molecular weight excluding hydrogens is 460 g/mol. The van der Waals surface area contributed by atoms with Gasteiger partial charge >= 0.3 is 5.91 Å². The third-order valence-corrected chi connectivity index (χ3v) is 6.30. The minimum atomic E-state index is -0.489. The molecule has 10 heteroatoms. The van der Waals surface area contributed by atoms with Crippen molar-refractivity contribution in [1.29, 1.82) is 0 Å². The Balaban J connectivity index is 1.55. The molecule has 0 saturated carbocycles. The zero-order valence-corrected chi connectivity index (χ0v) is 20.8. The van der Waals surface area contributed by atoms with Crippen LogP contribution in [0.4, 0.5) is 22.7 Å². The van der Waals surface area contributed by atoms with Crippen LogP contribution in [0.25, 0.3) is 0 Å². The number of amides is 3. The van der Waals surface area contributed by atoms with Gasteiger partial charge in [-0.15, -0.1) is 0 Å². The highest BCUT2D eigenvalue weighted by atomic mass is 16.3. The summed E-state index contributed by atoms with van der Waals surface area (Å²) in [6.07, 6.45) is 2.29. The number of rotatable bonds is 11. The number of primary amides is 1. The van der Waals surface area contributed by atoms with E-state index in [9.17, 15) is 19.5 Å². The van der Waals surface area contributed by atoms with E-state index >= 15 is 0 Å². The lowest BCUT2D eigenvalue weighted by Gasteiger charge is -2.37. The molecule has 2 aromatic rings. The summed E-state index contributed by atoms with van der Waals surface area (Å²) in [7, 11) is 0. The van der Waals surface area contributed by atoms with E-state index in [-0.39, 0.29) is 18.3 Å². The monoisotopic (exact) mass is 491 g/mol. The lowest BCUT2D eigenvalue weighted by Crippen LogP contribution is -2.84. The lowest BCUT2D eigenvalue weighted by molar-refractivity contribution is -0.916. The van der Waals surface area contributed by atoms with Crippen molar-refractivity contribution in [1.82, 2.24) is 4.90 Å². The fourth-order valence-electron chi connectivity index (χ4n) is 3.79. The number of nitrogens with two attached hydrogens (primary N) is 1. The summed E-state index contributed by atoms with van der Waals surface area (Å²) in [5.41, 5.74) is 2.41. The first-order chi connectivity index (χ1) is 17.3. The average Bonchev–Trinajstić information content (AvgIpc) is 3.20. The Labute approximate surface area is 210 Å². The van der Waals surface area contributed by atoms with Gasteiger partial charge in [0.25, 0.3) is 11.8 Å². The predicted octanol–water partition coefficient (Wildman–Crippen LogP) is 2.02. The Morgan fingerprint density at radius 2 is 1.31 bits per heavy atom. The highest BCUT2D eigenvalue weighted by Crippen LogP contribution is 2.22. The Hall–Kier alpha value is -4.02. The van der Waals surface area contributed by atoms with Gasteiger partial charge in [-0.1, -0.05) is 0 Å². The van der Waals surface area contributed by atoms with Crippen molar-refractivity contribution in [3.8, 4) is 0 Å². The fraction of sp³-hybridized carbons (Fsp3) is 0.308. The molecule has 36 heavy (non-hydrogen) atoms. The van der Waals surface area contributed by atoms with Crippen LogP contribution in [-0.2, 0) is 14.4 Å². The smallest absolute Gasteiger partial charge is 0.335 e. The SMILES string of the molecule is CC[N+](CC)(CC)CC([O-])=Nc1ccc(N=Nc2ccc([NH2+]C(=O)CN3C(=O)C=CC3=O)cc2)cc1. The van der Waals surface area contributed by atoms with Crippen LogP contribution in [0, 0.1) is 0 Å². The number of likely N-dealkylation sites (N-methyl/N-ethyl adjacent to an activating group) is 1. The molecule has 0 unspecified atom stereocenters. The van der Waals surface area contributed by atoms with Crippen molar-refractivity contribution >= 4 is 46.4 Å². The average molecular weight is 492 g/mol. The van der Waals surface area contributed by atoms with E-state index in [2.05, 4.69) is 36.0 Å². The number of carbonyl (C=O) groups is 3. The van der Waals surface area contributed by atoms with Crippen LogP contribution in [0.2, 0.25) is 0 Å². The summed E-state index contributed by atoms with van der Waals surface area (Å²) in [6, 6.07) is 13.8. The summed E-state index contributed by atoms with van der Waals surface area (Å²) in [6.45, 7) is 9.02. The third-order valence-electron chi connectivity index (χ3n) is 6.30. The second-order valence-electron chi connectivity index (χ2n) is 8.47. The summed E-state index contributed by atoms with van der Waals surface area (Å²) in [5.74, 6) is -1.48. The molecule has 0 aromatic heterocycles. The van der Waals surface area contributed by atoms with Gasteiger partial charge in [0.15, 0.2) is 0 Å². The van der Waals surface area contributed by atoms with E-state index < -0.39 is 11.8 Å². The van der Waals surface area contributed by atoms with Gasteiger partial charge in [0.1, 0.15) is 18.8 Å². The number of quaternary nitrogens is 2. The maximum absolute atomic E-state index is 12.4. The van der Waals surface area contributed by atoms with Gasteiger partial charge in [0.05, 0.1) is 36.7 Å². The van der Waals surface area contributed by atoms with E-state index in [4.69, 9.17) is 0 Å². The standard InChI is InChI=1S/C26H30N6O4/c1-4-32(5-2,6-3)18-24(34)28-20-9-13-22(14-10-20)30-29-21-11-7-19(8-12-21)27-23(33)17-31-25(35)15-16-26(31)36/h7-16H,4-6,17-18H2,1-3H3,(H-,27,28,29,30,33,34,35,36)/p+1. The quantitative estimate of drug-likeness (QED) is 0.129. The Morgan fingerprint density at radius 3 is 1.81 bits per heavy atom. The van der Waals surface area contributed by atoms with Crippen LogP contribution in [-0.4, -0.2) is 65.7 Å². The molecule has 2 aromatic carbocycles.